The Labute approximate surface area is 102 Å². The number of rotatable bonds is 4. The van der Waals surface area contributed by atoms with Crippen LogP contribution in [-0.4, -0.2) is 0 Å². The monoisotopic (exact) mass is 262 g/mol. The summed E-state index contributed by atoms with van der Waals surface area (Å²) in [5.74, 6) is 4.50. The second-order valence-electron chi connectivity index (χ2n) is 4.11. The van der Waals surface area contributed by atoms with E-state index in [4.69, 9.17) is 5.84 Å². The average molecular weight is 262 g/mol. The molecule has 1 unspecified atom stereocenters. The molecule has 100 valence electrons. The molecule has 0 aliphatic heterocycles. The van der Waals surface area contributed by atoms with Crippen LogP contribution in [0.5, 0.6) is 0 Å². The lowest BCUT2D eigenvalue weighted by molar-refractivity contribution is -0.138. The van der Waals surface area contributed by atoms with Gasteiger partial charge in [-0.2, -0.15) is 13.2 Å². The van der Waals surface area contributed by atoms with Crippen LogP contribution in [0.4, 0.5) is 17.6 Å². The third-order valence-corrected chi connectivity index (χ3v) is 2.45. The van der Waals surface area contributed by atoms with E-state index in [1.165, 1.54) is 0 Å². The fraction of sp³-hybridized carbons (Fsp3) is 0.333. The largest absolute Gasteiger partial charge is 0.416 e. The predicted octanol–water partition coefficient (Wildman–Crippen LogP) is 3.32. The van der Waals surface area contributed by atoms with E-state index in [1.54, 1.807) is 6.92 Å². The Kier molecular flexibility index (Phi) is 4.48. The van der Waals surface area contributed by atoms with Crippen molar-refractivity contribution in [1.29, 1.82) is 0 Å². The van der Waals surface area contributed by atoms with Crippen molar-refractivity contribution in [2.75, 3.05) is 0 Å². The summed E-state index contributed by atoms with van der Waals surface area (Å²) in [6.07, 6.45) is -4.35. The van der Waals surface area contributed by atoms with Gasteiger partial charge >= 0.3 is 6.18 Å². The Morgan fingerprint density at radius 3 is 2.50 bits per heavy atom. The number of alkyl halides is 3. The molecular weight excluding hydrogens is 248 g/mol. The zero-order chi connectivity index (χ0) is 13.9. The van der Waals surface area contributed by atoms with Crippen molar-refractivity contribution in [3.8, 4) is 0 Å². The first-order chi connectivity index (χ1) is 8.25. The molecule has 1 atom stereocenters. The lowest BCUT2D eigenvalue weighted by Gasteiger charge is -2.21. The molecule has 0 amide bonds. The highest BCUT2D eigenvalue weighted by molar-refractivity contribution is 5.33. The Morgan fingerprint density at radius 2 is 2.06 bits per heavy atom. The average Bonchev–Trinajstić information content (AvgIpc) is 2.23. The van der Waals surface area contributed by atoms with Gasteiger partial charge in [0, 0.05) is 0 Å². The van der Waals surface area contributed by atoms with Crippen LogP contribution in [0.25, 0.3) is 0 Å². The lowest BCUT2D eigenvalue weighted by Crippen LogP contribution is -2.30. The summed E-state index contributed by atoms with van der Waals surface area (Å²) in [6.45, 7) is 5.28. The van der Waals surface area contributed by atoms with Gasteiger partial charge in [0.15, 0.2) is 0 Å². The first-order valence-electron chi connectivity index (χ1n) is 5.23. The zero-order valence-corrected chi connectivity index (χ0v) is 9.81. The van der Waals surface area contributed by atoms with Gasteiger partial charge in [-0.05, 0) is 37.1 Å². The highest BCUT2D eigenvalue weighted by Crippen LogP contribution is 2.36. The Balaban J connectivity index is 3.26. The van der Waals surface area contributed by atoms with Crippen molar-refractivity contribution in [2.24, 2.45) is 5.84 Å². The van der Waals surface area contributed by atoms with E-state index in [0.29, 0.717) is 11.6 Å². The van der Waals surface area contributed by atoms with Gasteiger partial charge in [0.25, 0.3) is 0 Å². The lowest BCUT2D eigenvalue weighted by atomic mass is 9.95. The molecule has 0 bridgehead atoms. The van der Waals surface area contributed by atoms with Crippen molar-refractivity contribution in [1.82, 2.24) is 5.43 Å². The van der Waals surface area contributed by atoms with Gasteiger partial charge in [-0.3, -0.25) is 11.3 Å². The van der Waals surface area contributed by atoms with Crippen LogP contribution < -0.4 is 11.3 Å². The number of nitrogens with one attached hydrogen (secondary N) is 1. The molecule has 1 rings (SSSR count). The van der Waals surface area contributed by atoms with Gasteiger partial charge in [0.2, 0.25) is 0 Å². The molecule has 6 heteroatoms. The molecule has 1 aromatic carbocycles. The number of hydrogen-bond donors (Lipinski definition) is 2. The molecule has 0 fully saturated rings. The summed E-state index contributed by atoms with van der Waals surface area (Å²) in [6, 6.07) is 1.51. The Hall–Kier alpha value is -1.40. The first kappa shape index (κ1) is 14.7. The molecule has 3 N–H and O–H groups in total. The maximum atomic E-state index is 13.1. The van der Waals surface area contributed by atoms with E-state index in [1.807, 2.05) is 0 Å². The molecule has 0 aromatic heterocycles. The third kappa shape index (κ3) is 3.54. The SMILES string of the molecule is C=C(C)CC(NN)c1cc(F)ccc1C(F)(F)F. The molecular formula is C12H14F4N2. The second kappa shape index (κ2) is 5.49. The topological polar surface area (TPSA) is 38.0 Å². The minimum atomic E-state index is -4.55. The molecule has 0 heterocycles. The molecule has 0 saturated carbocycles. The molecule has 0 saturated heterocycles. The van der Waals surface area contributed by atoms with Crippen molar-refractivity contribution < 1.29 is 17.6 Å². The summed E-state index contributed by atoms with van der Waals surface area (Å²) in [5.41, 5.74) is 1.80. The van der Waals surface area contributed by atoms with Crippen LogP contribution in [0.2, 0.25) is 0 Å². The maximum Gasteiger partial charge on any atom is 0.416 e. The van der Waals surface area contributed by atoms with Crippen LogP contribution in [-0.2, 0) is 6.18 Å². The van der Waals surface area contributed by atoms with Gasteiger partial charge in [-0.25, -0.2) is 4.39 Å². The van der Waals surface area contributed by atoms with E-state index < -0.39 is 23.6 Å². The van der Waals surface area contributed by atoms with Gasteiger partial charge in [-0.1, -0.05) is 5.57 Å². The molecule has 2 nitrogen and oxygen atoms in total. The summed E-state index contributed by atoms with van der Waals surface area (Å²) in [7, 11) is 0. The minimum Gasteiger partial charge on any atom is -0.271 e. The second-order valence-corrected chi connectivity index (χ2v) is 4.11. The van der Waals surface area contributed by atoms with E-state index >= 15 is 0 Å². The van der Waals surface area contributed by atoms with Gasteiger partial charge in [0.1, 0.15) is 5.82 Å². The number of nitrogens with two attached hydrogens (primary N) is 1. The van der Waals surface area contributed by atoms with Crippen molar-refractivity contribution >= 4 is 0 Å². The minimum absolute atomic E-state index is 0.197. The van der Waals surface area contributed by atoms with Crippen LogP contribution in [0.3, 0.4) is 0 Å². The smallest absolute Gasteiger partial charge is 0.271 e. The highest BCUT2D eigenvalue weighted by atomic mass is 19.4. The summed E-state index contributed by atoms with van der Waals surface area (Å²) < 4.78 is 51.5. The zero-order valence-electron chi connectivity index (χ0n) is 9.81. The first-order valence-corrected chi connectivity index (χ1v) is 5.23. The number of halogens is 4. The van der Waals surface area contributed by atoms with Crippen molar-refractivity contribution in [2.45, 2.75) is 25.6 Å². The molecule has 0 aliphatic carbocycles. The normalized spacial score (nSPS) is 13.4. The van der Waals surface area contributed by atoms with Gasteiger partial charge < -0.3 is 0 Å². The summed E-state index contributed by atoms with van der Waals surface area (Å²) in [4.78, 5) is 0. The number of hydrazine groups is 1. The highest BCUT2D eigenvalue weighted by Gasteiger charge is 2.35. The molecule has 0 radical (unpaired) electrons. The number of hydrogen-bond acceptors (Lipinski definition) is 2. The Morgan fingerprint density at radius 1 is 1.44 bits per heavy atom. The van der Waals surface area contributed by atoms with Crippen LogP contribution in [0, 0.1) is 5.82 Å². The standard InChI is InChI=1S/C12H14F4N2/c1-7(2)5-11(18-17)9-6-8(13)3-4-10(9)12(14,15)16/h3-4,6,11,18H,1,5,17H2,2H3. The van der Waals surface area contributed by atoms with Crippen molar-refractivity contribution in [3.05, 3.63) is 47.3 Å². The molecule has 0 spiro atoms. The predicted molar refractivity (Wildman–Crippen MR) is 60.9 cm³/mol. The summed E-state index contributed by atoms with van der Waals surface area (Å²) >= 11 is 0. The maximum absolute atomic E-state index is 13.1. The third-order valence-electron chi connectivity index (χ3n) is 2.45. The fourth-order valence-electron chi connectivity index (χ4n) is 1.69. The number of benzene rings is 1. The molecule has 1 aromatic rings. The van der Waals surface area contributed by atoms with Crippen molar-refractivity contribution in [3.63, 3.8) is 0 Å². The van der Waals surface area contributed by atoms with E-state index in [0.717, 1.165) is 12.1 Å². The van der Waals surface area contributed by atoms with E-state index in [-0.39, 0.29) is 12.0 Å². The van der Waals surface area contributed by atoms with Crippen LogP contribution in [0.1, 0.15) is 30.5 Å². The van der Waals surface area contributed by atoms with E-state index in [2.05, 4.69) is 12.0 Å². The van der Waals surface area contributed by atoms with Crippen LogP contribution >= 0.6 is 0 Å². The van der Waals surface area contributed by atoms with Crippen LogP contribution in [0.15, 0.2) is 30.4 Å². The Bertz CT molecular complexity index is 440. The fourth-order valence-corrected chi connectivity index (χ4v) is 1.69. The van der Waals surface area contributed by atoms with Gasteiger partial charge in [-0.15, -0.1) is 6.58 Å². The van der Waals surface area contributed by atoms with E-state index in [9.17, 15) is 17.6 Å². The van der Waals surface area contributed by atoms with Gasteiger partial charge in [0.05, 0.1) is 11.6 Å². The molecule has 18 heavy (non-hydrogen) atoms. The quantitative estimate of drug-likeness (QED) is 0.378. The molecule has 0 aliphatic rings. The summed E-state index contributed by atoms with van der Waals surface area (Å²) in [5, 5.41) is 0.